The highest BCUT2D eigenvalue weighted by atomic mass is 16.3. The molecular formula is C16H25NO. The predicted molar refractivity (Wildman–Crippen MR) is 77.2 cm³/mol. The van der Waals surface area contributed by atoms with E-state index >= 15 is 0 Å². The second kappa shape index (κ2) is 6.24. The SMILES string of the molecule is CCc1cccc(C)c1N1CCCC(CCO)C1. The third-order valence-corrected chi connectivity index (χ3v) is 4.07. The van der Waals surface area contributed by atoms with Gasteiger partial charge in [-0.25, -0.2) is 0 Å². The van der Waals surface area contributed by atoms with E-state index < -0.39 is 0 Å². The predicted octanol–water partition coefficient (Wildman–Crippen LogP) is 3.16. The first kappa shape index (κ1) is 13.4. The Kier molecular flexibility index (Phi) is 4.65. The summed E-state index contributed by atoms with van der Waals surface area (Å²) in [6, 6.07) is 6.62. The fourth-order valence-corrected chi connectivity index (χ4v) is 3.14. The Morgan fingerprint density at radius 2 is 2.22 bits per heavy atom. The minimum atomic E-state index is 0.326. The first-order valence-corrected chi connectivity index (χ1v) is 7.20. The Balaban J connectivity index is 2.20. The number of para-hydroxylation sites is 1. The van der Waals surface area contributed by atoms with Gasteiger partial charge in [0.25, 0.3) is 0 Å². The van der Waals surface area contributed by atoms with Gasteiger partial charge in [0.2, 0.25) is 0 Å². The van der Waals surface area contributed by atoms with Crippen LogP contribution in [0.2, 0.25) is 0 Å². The van der Waals surface area contributed by atoms with E-state index in [2.05, 4.69) is 36.9 Å². The van der Waals surface area contributed by atoms with E-state index in [9.17, 15) is 0 Å². The number of hydrogen-bond donors (Lipinski definition) is 1. The molecule has 1 N–H and O–H groups in total. The quantitative estimate of drug-likeness (QED) is 0.883. The van der Waals surface area contributed by atoms with E-state index in [1.165, 1.54) is 36.2 Å². The summed E-state index contributed by atoms with van der Waals surface area (Å²) in [6.45, 7) is 7.04. The van der Waals surface area contributed by atoms with Gasteiger partial charge in [-0.2, -0.15) is 0 Å². The maximum atomic E-state index is 9.11. The zero-order valence-electron chi connectivity index (χ0n) is 11.7. The minimum Gasteiger partial charge on any atom is -0.396 e. The summed E-state index contributed by atoms with van der Waals surface area (Å²) in [4.78, 5) is 2.54. The van der Waals surface area contributed by atoms with Crippen molar-refractivity contribution in [3.05, 3.63) is 29.3 Å². The first-order chi connectivity index (χ1) is 8.76. The van der Waals surface area contributed by atoms with E-state index in [0.717, 1.165) is 19.4 Å². The summed E-state index contributed by atoms with van der Waals surface area (Å²) in [5, 5.41) is 9.11. The van der Waals surface area contributed by atoms with Crippen LogP contribution in [0.4, 0.5) is 5.69 Å². The number of aliphatic hydroxyl groups excluding tert-OH is 1. The van der Waals surface area contributed by atoms with Crippen LogP contribution in [0.5, 0.6) is 0 Å². The molecule has 2 heteroatoms. The molecule has 18 heavy (non-hydrogen) atoms. The van der Waals surface area contributed by atoms with E-state index in [-0.39, 0.29) is 0 Å². The monoisotopic (exact) mass is 247 g/mol. The zero-order chi connectivity index (χ0) is 13.0. The van der Waals surface area contributed by atoms with Gasteiger partial charge >= 0.3 is 0 Å². The van der Waals surface area contributed by atoms with Crippen molar-refractivity contribution in [2.24, 2.45) is 5.92 Å². The van der Waals surface area contributed by atoms with Crippen LogP contribution in [0.1, 0.15) is 37.3 Å². The lowest BCUT2D eigenvalue weighted by Crippen LogP contribution is -2.36. The van der Waals surface area contributed by atoms with Crippen molar-refractivity contribution in [3.63, 3.8) is 0 Å². The Morgan fingerprint density at radius 3 is 2.94 bits per heavy atom. The van der Waals surface area contributed by atoms with Crippen molar-refractivity contribution in [2.45, 2.75) is 39.5 Å². The van der Waals surface area contributed by atoms with Gasteiger partial charge in [0.05, 0.1) is 0 Å². The largest absolute Gasteiger partial charge is 0.396 e. The molecule has 0 saturated carbocycles. The summed E-state index contributed by atoms with van der Waals surface area (Å²) in [5.41, 5.74) is 4.29. The molecule has 0 aliphatic carbocycles. The molecule has 1 aliphatic rings. The average Bonchev–Trinajstić information content (AvgIpc) is 2.39. The molecule has 0 radical (unpaired) electrons. The van der Waals surface area contributed by atoms with Crippen LogP contribution in [0.3, 0.4) is 0 Å². The molecule has 0 spiro atoms. The van der Waals surface area contributed by atoms with Crippen LogP contribution >= 0.6 is 0 Å². The molecule has 0 aromatic heterocycles. The summed E-state index contributed by atoms with van der Waals surface area (Å²) in [7, 11) is 0. The molecule has 1 unspecified atom stereocenters. The van der Waals surface area contributed by atoms with Crippen molar-refractivity contribution < 1.29 is 5.11 Å². The fraction of sp³-hybridized carbons (Fsp3) is 0.625. The molecule has 1 aliphatic heterocycles. The molecule has 1 aromatic rings. The molecule has 1 atom stereocenters. The van der Waals surface area contributed by atoms with Crippen molar-refractivity contribution in [1.82, 2.24) is 0 Å². The maximum absolute atomic E-state index is 9.11. The smallest absolute Gasteiger partial charge is 0.0434 e. The van der Waals surface area contributed by atoms with E-state index in [1.807, 2.05) is 0 Å². The first-order valence-electron chi connectivity index (χ1n) is 7.20. The molecule has 0 amide bonds. The second-order valence-electron chi connectivity index (χ2n) is 5.40. The third kappa shape index (κ3) is 2.86. The summed E-state index contributed by atoms with van der Waals surface area (Å²) in [6.07, 6.45) is 4.56. The standard InChI is InChI=1S/C16H25NO/c1-3-15-8-4-6-13(2)16(15)17-10-5-7-14(12-17)9-11-18/h4,6,8,14,18H,3,5,7,9-12H2,1-2H3. The van der Waals surface area contributed by atoms with Crippen molar-refractivity contribution in [1.29, 1.82) is 0 Å². The van der Waals surface area contributed by atoms with Crippen LogP contribution in [-0.2, 0) is 6.42 Å². The van der Waals surface area contributed by atoms with Gasteiger partial charge in [-0.05, 0) is 49.7 Å². The molecule has 1 saturated heterocycles. The zero-order valence-corrected chi connectivity index (χ0v) is 11.7. The van der Waals surface area contributed by atoms with Crippen LogP contribution in [0.25, 0.3) is 0 Å². The van der Waals surface area contributed by atoms with Gasteiger partial charge in [0.15, 0.2) is 0 Å². The number of nitrogens with zero attached hydrogens (tertiary/aromatic N) is 1. The number of rotatable bonds is 4. The van der Waals surface area contributed by atoms with Gasteiger partial charge in [0, 0.05) is 25.4 Å². The second-order valence-corrected chi connectivity index (χ2v) is 5.40. The lowest BCUT2D eigenvalue weighted by Gasteiger charge is -2.36. The molecule has 1 heterocycles. The maximum Gasteiger partial charge on any atom is 0.0434 e. The summed E-state index contributed by atoms with van der Waals surface area (Å²) < 4.78 is 0. The van der Waals surface area contributed by atoms with Gasteiger partial charge in [-0.3, -0.25) is 0 Å². The number of hydrogen-bond acceptors (Lipinski definition) is 2. The van der Waals surface area contributed by atoms with E-state index in [4.69, 9.17) is 5.11 Å². The topological polar surface area (TPSA) is 23.5 Å². The molecule has 2 rings (SSSR count). The van der Waals surface area contributed by atoms with Crippen LogP contribution in [0.15, 0.2) is 18.2 Å². The molecule has 2 nitrogen and oxygen atoms in total. The van der Waals surface area contributed by atoms with Crippen molar-refractivity contribution >= 4 is 5.69 Å². The lowest BCUT2D eigenvalue weighted by molar-refractivity contribution is 0.244. The highest BCUT2D eigenvalue weighted by Gasteiger charge is 2.22. The Bertz CT molecular complexity index is 387. The molecule has 1 aromatic carbocycles. The number of piperidine rings is 1. The molecule has 1 fully saturated rings. The lowest BCUT2D eigenvalue weighted by atomic mass is 9.93. The normalized spacial score (nSPS) is 20.2. The average molecular weight is 247 g/mol. The highest BCUT2D eigenvalue weighted by molar-refractivity contribution is 5.59. The number of anilines is 1. The Morgan fingerprint density at radius 1 is 1.39 bits per heavy atom. The minimum absolute atomic E-state index is 0.326. The van der Waals surface area contributed by atoms with Gasteiger partial charge in [-0.1, -0.05) is 25.1 Å². The van der Waals surface area contributed by atoms with E-state index in [0.29, 0.717) is 12.5 Å². The van der Waals surface area contributed by atoms with Crippen LogP contribution in [0, 0.1) is 12.8 Å². The number of aryl methyl sites for hydroxylation is 2. The molecule has 0 bridgehead atoms. The summed E-state index contributed by atoms with van der Waals surface area (Å²) >= 11 is 0. The number of aliphatic hydroxyl groups is 1. The van der Waals surface area contributed by atoms with Crippen LogP contribution < -0.4 is 4.90 Å². The van der Waals surface area contributed by atoms with Gasteiger partial charge in [-0.15, -0.1) is 0 Å². The van der Waals surface area contributed by atoms with Crippen molar-refractivity contribution in [3.8, 4) is 0 Å². The Labute approximate surface area is 111 Å². The highest BCUT2D eigenvalue weighted by Crippen LogP contribution is 2.30. The van der Waals surface area contributed by atoms with Crippen LogP contribution in [-0.4, -0.2) is 24.8 Å². The Hall–Kier alpha value is -1.02. The fourth-order valence-electron chi connectivity index (χ4n) is 3.14. The molecular weight excluding hydrogens is 222 g/mol. The van der Waals surface area contributed by atoms with Gasteiger partial charge in [0.1, 0.15) is 0 Å². The molecule has 100 valence electrons. The van der Waals surface area contributed by atoms with Gasteiger partial charge < -0.3 is 10.0 Å². The third-order valence-electron chi connectivity index (χ3n) is 4.07. The summed E-state index contributed by atoms with van der Waals surface area (Å²) in [5.74, 6) is 0.660. The van der Waals surface area contributed by atoms with Crippen molar-refractivity contribution in [2.75, 3.05) is 24.6 Å². The van der Waals surface area contributed by atoms with E-state index in [1.54, 1.807) is 0 Å². The number of benzene rings is 1.